The van der Waals surface area contributed by atoms with Crippen LogP contribution in [0.25, 0.3) is 0 Å². The lowest BCUT2D eigenvalue weighted by atomic mass is 9.97. The number of carboxylic acids is 1. The summed E-state index contributed by atoms with van der Waals surface area (Å²) in [6.07, 6.45) is 0.961. The van der Waals surface area contributed by atoms with Gasteiger partial charge in [0.2, 0.25) is 11.8 Å². The molecule has 1 unspecified atom stereocenters. The molecule has 10 nitrogen and oxygen atoms in total. The number of aromatic nitrogens is 1. The number of nitrogens with two attached hydrogens (primary N) is 1. The van der Waals surface area contributed by atoms with E-state index in [-0.39, 0.29) is 29.6 Å². The van der Waals surface area contributed by atoms with Crippen molar-refractivity contribution in [3.63, 3.8) is 0 Å². The molecule has 2 aromatic rings. The van der Waals surface area contributed by atoms with Crippen LogP contribution < -0.4 is 21.7 Å². The number of carbonyl (C=O) groups is 3. The van der Waals surface area contributed by atoms with Gasteiger partial charge in [0.1, 0.15) is 11.9 Å². The number of rotatable bonds is 8. The second-order valence-electron chi connectivity index (χ2n) is 7.87. The summed E-state index contributed by atoms with van der Waals surface area (Å²) in [6.45, 7) is 2.73. The van der Waals surface area contributed by atoms with Crippen LogP contribution in [0, 0.1) is 5.41 Å². The molecule has 1 saturated heterocycles. The Bertz CT molecular complexity index is 1020. The Morgan fingerprint density at radius 2 is 1.80 bits per heavy atom. The van der Waals surface area contributed by atoms with Crippen LogP contribution >= 0.6 is 0 Å². The van der Waals surface area contributed by atoms with Crippen molar-refractivity contribution in [2.24, 2.45) is 5.73 Å². The van der Waals surface area contributed by atoms with E-state index in [0.29, 0.717) is 18.5 Å². The summed E-state index contributed by atoms with van der Waals surface area (Å²) in [5.41, 5.74) is 8.11. The summed E-state index contributed by atoms with van der Waals surface area (Å²) in [4.78, 5) is 37.8. The van der Waals surface area contributed by atoms with E-state index >= 15 is 0 Å². The summed E-state index contributed by atoms with van der Waals surface area (Å²) in [5, 5.41) is 23.5. The van der Waals surface area contributed by atoms with Crippen LogP contribution in [0.1, 0.15) is 36.0 Å². The number of amidine groups is 1. The molecule has 1 aliphatic rings. The molecule has 0 saturated carbocycles. The maximum Gasteiger partial charge on any atom is 0.371 e. The number of benzene rings is 1. The molecule has 2 amide bonds. The lowest BCUT2D eigenvalue weighted by Gasteiger charge is -2.17. The first-order chi connectivity index (χ1) is 16.6. The Morgan fingerprint density at radius 3 is 2.34 bits per heavy atom. The summed E-state index contributed by atoms with van der Waals surface area (Å²) in [7, 11) is 0. The number of hydrogen-bond acceptors (Lipinski definition) is 6. The maximum atomic E-state index is 12.5. The van der Waals surface area contributed by atoms with Gasteiger partial charge in [0.05, 0.1) is 6.04 Å². The molecule has 0 aliphatic carbocycles. The van der Waals surface area contributed by atoms with E-state index in [0.717, 1.165) is 17.7 Å². The molecule has 2 heterocycles. The van der Waals surface area contributed by atoms with Crippen LogP contribution in [0.2, 0.25) is 0 Å². The number of amides is 2. The van der Waals surface area contributed by atoms with Crippen LogP contribution in [0.3, 0.4) is 0 Å². The van der Waals surface area contributed by atoms with Crippen LogP contribution in [-0.4, -0.2) is 58.8 Å². The van der Waals surface area contributed by atoms with E-state index in [4.69, 9.17) is 21.0 Å². The third kappa shape index (κ3) is 8.74. The fourth-order valence-corrected chi connectivity index (χ4v) is 3.35. The van der Waals surface area contributed by atoms with E-state index < -0.39 is 18.4 Å². The topological polar surface area (TPSA) is 170 Å². The number of nitrogens with zero attached hydrogens (tertiary/aromatic N) is 1. The molecule has 1 aromatic heterocycles. The van der Waals surface area contributed by atoms with Crippen molar-refractivity contribution in [1.29, 1.82) is 5.41 Å². The highest BCUT2D eigenvalue weighted by molar-refractivity contribution is 5.95. The fourth-order valence-electron chi connectivity index (χ4n) is 3.35. The third-order valence-corrected chi connectivity index (χ3v) is 5.30. The lowest BCUT2D eigenvalue weighted by molar-refractivity contribution is -0.149. The van der Waals surface area contributed by atoms with E-state index in [1.165, 1.54) is 0 Å². The van der Waals surface area contributed by atoms with Gasteiger partial charge in [-0.25, -0.2) is 4.79 Å². The van der Waals surface area contributed by atoms with Crippen LogP contribution in [0.15, 0.2) is 48.8 Å². The predicted molar refractivity (Wildman–Crippen MR) is 124 cm³/mol. The SMILES string of the molecule is CC(NC(=O)[C@H]1C[C@@H](c2ccncc2)CN1)C(=O)NCc1ccc(C(=N)N)cc1.O=C(O)C(F)F. The van der Waals surface area contributed by atoms with Crippen molar-refractivity contribution in [2.75, 3.05) is 6.54 Å². The zero-order chi connectivity index (χ0) is 26.0. The van der Waals surface area contributed by atoms with E-state index in [2.05, 4.69) is 20.9 Å². The quantitative estimate of drug-likeness (QED) is 0.236. The van der Waals surface area contributed by atoms with Crippen molar-refractivity contribution in [3.8, 4) is 0 Å². The minimum Gasteiger partial charge on any atom is -0.477 e. The first-order valence-electron chi connectivity index (χ1n) is 10.7. The largest absolute Gasteiger partial charge is 0.477 e. The molecular formula is C23H28F2N6O4. The van der Waals surface area contributed by atoms with Gasteiger partial charge >= 0.3 is 12.4 Å². The number of carbonyl (C=O) groups excluding carboxylic acids is 2. The van der Waals surface area contributed by atoms with Gasteiger partial charge in [0.25, 0.3) is 0 Å². The maximum absolute atomic E-state index is 12.5. The van der Waals surface area contributed by atoms with E-state index in [9.17, 15) is 18.4 Å². The molecule has 7 N–H and O–H groups in total. The van der Waals surface area contributed by atoms with E-state index in [1.54, 1.807) is 31.5 Å². The van der Waals surface area contributed by atoms with Crippen LogP contribution in [-0.2, 0) is 20.9 Å². The molecule has 3 rings (SSSR count). The van der Waals surface area contributed by atoms with Crippen molar-refractivity contribution >= 4 is 23.6 Å². The fraction of sp³-hybridized carbons (Fsp3) is 0.348. The van der Waals surface area contributed by atoms with Crippen molar-refractivity contribution < 1.29 is 28.3 Å². The predicted octanol–water partition coefficient (Wildman–Crippen LogP) is 0.968. The Balaban J connectivity index is 0.000000641. The zero-order valence-corrected chi connectivity index (χ0v) is 19.0. The minimum atomic E-state index is -3.23. The molecule has 0 radical (unpaired) electrons. The summed E-state index contributed by atoms with van der Waals surface area (Å²) < 4.78 is 21.1. The smallest absolute Gasteiger partial charge is 0.371 e. The summed E-state index contributed by atoms with van der Waals surface area (Å²) >= 11 is 0. The average Bonchev–Trinajstić information content (AvgIpc) is 3.34. The highest BCUT2D eigenvalue weighted by atomic mass is 19.3. The van der Waals surface area contributed by atoms with Gasteiger partial charge in [-0.15, -0.1) is 0 Å². The van der Waals surface area contributed by atoms with Gasteiger partial charge in [0, 0.05) is 31.0 Å². The first-order valence-corrected chi connectivity index (χ1v) is 10.7. The molecule has 35 heavy (non-hydrogen) atoms. The van der Waals surface area contributed by atoms with Crippen LogP contribution in [0.5, 0.6) is 0 Å². The van der Waals surface area contributed by atoms with Crippen molar-refractivity contribution in [1.82, 2.24) is 20.9 Å². The molecule has 0 spiro atoms. The number of pyridine rings is 1. The Labute approximate surface area is 200 Å². The molecule has 1 aromatic carbocycles. The lowest BCUT2D eigenvalue weighted by Crippen LogP contribution is -2.49. The normalized spacial score (nSPS) is 17.6. The third-order valence-electron chi connectivity index (χ3n) is 5.30. The monoisotopic (exact) mass is 490 g/mol. The molecule has 188 valence electrons. The van der Waals surface area contributed by atoms with Crippen LogP contribution in [0.4, 0.5) is 8.78 Å². The second kappa shape index (κ2) is 13.1. The number of hydrogen-bond donors (Lipinski definition) is 6. The zero-order valence-electron chi connectivity index (χ0n) is 19.0. The first kappa shape index (κ1) is 27.3. The number of nitrogens with one attached hydrogen (secondary N) is 4. The summed E-state index contributed by atoms with van der Waals surface area (Å²) in [6, 6.07) is 10.1. The highest BCUT2D eigenvalue weighted by Crippen LogP contribution is 2.25. The van der Waals surface area contributed by atoms with Gasteiger partial charge < -0.3 is 26.8 Å². The van der Waals surface area contributed by atoms with Gasteiger partial charge in [-0.3, -0.25) is 20.0 Å². The Kier molecular flexibility index (Phi) is 10.2. The Morgan fingerprint density at radius 1 is 1.20 bits per heavy atom. The number of halogens is 2. The molecule has 3 atom stereocenters. The second-order valence-corrected chi connectivity index (χ2v) is 7.87. The summed E-state index contributed by atoms with van der Waals surface area (Å²) in [5.74, 6) is -2.23. The molecule has 0 bridgehead atoms. The minimum absolute atomic E-state index is 0.00334. The van der Waals surface area contributed by atoms with Gasteiger partial charge in [-0.1, -0.05) is 24.3 Å². The van der Waals surface area contributed by atoms with Gasteiger partial charge in [-0.05, 0) is 42.5 Å². The molecule has 1 fully saturated rings. The average molecular weight is 491 g/mol. The van der Waals surface area contributed by atoms with Crippen molar-refractivity contribution in [3.05, 3.63) is 65.5 Å². The standard InChI is InChI=1S/C21H26N6O2.C2H2F2O2/c1-13(20(28)26-11-14-2-4-16(5-3-14)19(22)23)27-21(29)18-10-17(12-25-18)15-6-8-24-9-7-15;3-1(4)2(5)6/h2-9,13,17-18,25H,10-12H2,1H3,(H3,22,23)(H,26,28)(H,27,29);1H,(H,5,6)/t13?,17-,18-;/m1./s1. The van der Waals surface area contributed by atoms with E-state index in [1.807, 2.05) is 24.3 Å². The van der Waals surface area contributed by atoms with Gasteiger partial charge in [-0.2, -0.15) is 8.78 Å². The Hall–Kier alpha value is -3.93. The molecular weight excluding hydrogens is 462 g/mol. The number of aliphatic carboxylic acids is 1. The van der Waals surface area contributed by atoms with Gasteiger partial charge in [0.15, 0.2) is 0 Å². The number of nitrogen functional groups attached to an aromatic ring is 1. The highest BCUT2D eigenvalue weighted by Gasteiger charge is 2.31. The van der Waals surface area contributed by atoms with Crippen molar-refractivity contribution in [2.45, 2.75) is 44.3 Å². The molecule has 1 aliphatic heterocycles. The number of carboxylic acid groups (broad SMARTS) is 1. The molecule has 12 heteroatoms. The number of alkyl halides is 2.